The summed E-state index contributed by atoms with van der Waals surface area (Å²) >= 11 is 1.55. The molecule has 1 aliphatic rings. The minimum atomic E-state index is -4.75. The van der Waals surface area contributed by atoms with Crippen LogP contribution in [0, 0.1) is 0 Å². The van der Waals surface area contributed by atoms with Crippen LogP contribution in [0.1, 0.15) is 5.89 Å². The van der Waals surface area contributed by atoms with Crippen molar-refractivity contribution >= 4 is 22.9 Å². The van der Waals surface area contributed by atoms with Crippen molar-refractivity contribution in [1.82, 2.24) is 19.9 Å². The third kappa shape index (κ3) is 6.28. The molecule has 0 atom stereocenters. The molecule has 3 heterocycles. The van der Waals surface area contributed by atoms with Crippen LogP contribution in [-0.2, 0) is 11.3 Å². The van der Waals surface area contributed by atoms with Crippen molar-refractivity contribution < 1.29 is 27.2 Å². The summed E-state index contributed by atoms with van der Waals surface area (Å²) in [6, 6.07) is 8.92. The number of thiophene rings is 1. The Hall–Kier alpha value is -2.96. The average molecular weight is 467 g/mol. The van der Waals surface area contributed by atoms with Gasteiger partial charge in [0.1, 0.15) is 5.75 Å². The second kappa shape index (κ2) is 9.67. The normalized spacial score (nSPS) is 15.6. The lowest BCUT2D eigenvalue weighted by Crippen LogP contribution is -2.48. The van der Waals surface area contributed by atoms with Crippen LogP contribution in [0.2, 0.25) is 0 Å². The van der Waals surface area contributed by atoms with Crippen molar-refractivity contribution in [2.24, 2.45) is 0 Å². The number of piperazine rings is 1. The summed E-state index contributed by atoms with van der Waals surface area (Å²) in [7, 11) is 0. The molecule has 0 saturated carbocycles. The van der Waals surface area contributed by atoms with E-state index in [0.29, 0.717) is 37.0 Å². The van der Waals surface area contributed by atoms with E-state index in [0.717, 1.165) is 30.1 Å². The summed E-state index contributed by atoms with van der Waals surface area (Å²) in [5, 5.41) is 8.65. The van der Waals surface area contributed by atoms with E-state index < -0.39 is 6.36 Å². The number of rotatable bonds is 7. The topological polar surface area (TPSA) is 83.7 Å². The number of benzene rings is 1. The van der Waals surface area contributed by atoms with Gasteiger partial charge >= 0.3 is 6.36 Å². The largest absolute Gasteiger partial charge is 0.573 e. The van der Waals surface area contributed by atoms with Gasteiger partial charge in [-0.2, -0.15) is 4.98 Å². The molecule has 1 N–H and O–H groups in total. The molecule has 1 aromatic carbocycles. The number of aromatic nitrogens is 2. The van der Waals surface area contributed by atoms with Gasteiger partial charge in [0.05, 0.1) is 18.0 Å². The number of anilines is 1. The molecule has 0 radical (unpaired) electrons. The highest BCUT2D eigenvalue weighted by Gasteiger charge is 2.31. The van der Waals surface area contributed by atoms with Gasteiger partial charge in [0.2, 0.25) is 17.6 Å². The Morgan fingerprint density at radius 3 is 2.50 bits per heavy atom. The summed E-state index contributed by atoms with van der Waals surface area (Å²) in [5.74, 6) is 0.566. The second-order valence-corrected chi connectivity index (χ2v) is 8.11. The first-order valence-corrected chi connectivity index (χ1v) is 10.7. The van der Waals surface area contributed by atoms with E-state index in [1.807, 2.05) is 22.4 Å². The molecule has 32 heavy (non-hydrogen) atoms. The number of halogens is 3. The number of alkyl halides is 3. The highest BCUT2D eigenvalue weighted by atomic mass is 32.1. The first-order chi connectivity index (χ1) is 15.3. The van der Waals surface area contributed by atoms with Gasteiger partial charge in [0.25, 0.3) is 0 Å². The van der Waals surface area contributed by atoms with E-state index in [1.165, 1.54) is 12.1 Å². The molecule has 8 nitrogen and oxygen atoms in total. The lowest BCUT2D eigenvalue weighted by Gasteiger charge is -2.33. The summed E-state index contributed by atoms with van der Waals surface area (Å²) in [6.45, 7) is 3.61. The zero-order valence-electron chi connectivity index (χ0n) is 16.8. The number of nitrogens with one attached hydrogen (secondary N) is 1. The third-order valence-electron chi connectivity index (χ3n) is 4.77. The predicted molar refractivity (Wildman–Crippen MR) is 111 cm³/mol. The number of nitrogens with zero attached hydrogens (tertiary/aromatic N) is 4. The first kappa shape index (κ1) is 22.2. The monoisotopic (exact) mass is 467 g/mol. The zero-order chi connectivity index (χ0) is 22.6. The van der Waals surface area contributed by atoms with Crippen LogP contribution in [-0.4, -0.2) is 64.9 Å². The molecule has 2 aromatic heterocycles. The molecular weight excluding hydrogens is 447 g/mol. The molecule has 1 saturated heterocycles. The van der Waals surface area contributed by atoms with Crippen molar-refractivity contribution in [3.05, 3.63) is 47.7 Å². The Morgan fingerprint density at radius 1 is 1.12 bits per heavy atom. The number of ether oxygens (including phenoxy) is 1. The molecule has 1 fully saturated rings. The van der Waals surface area contributed by atoms with Gasteiger partial charge in [0.15, 0.2) is 0 Å². The van der Waals surface area contributed by atoms with E-state index in [1.54, 1.807) is 11.3 Å². The minimum absolute atomic E-state index is 0.192. The minimum Gasteiger partial charge on any atom is -0.406 e. The smallest absolute Gasteiger partial charge is 0.406 e. The van der Waals surface area contributed by atoms with Gasteiger partial charge in [-0.15, -0.1) is 24.5 Å². The SMILES string of the molecule is O=C(CN1CCN(Cc2nc(-c3cccs3)no2)CC1)Nc1ccc(OC(F)(F)F)cc1. The fourth-order valence-corrected chi connectivity index (χ4v) is 3.91. The van der Waals surface area contributed by atoms with Crippen molar-refractivity contribution in [2.75, 3.05) is 38.0 Å². The fourth-order valence-electron chi connectivity index (χ4n) is 3.27. The van der Waals surface area contributed by atoms with Gasteiger partial charge < -0.3 is 14.6 Å². The van der Waals surface area contributed by atoms with Crippen molar-refractivity contribution in [2.45, 2.75) is 12.9 Å². The van der Waals surface area contributed by atoms with Crippen LogP contribution in [0.15, 0.2) is 46.3 Å². The summed E-state index contributed by atoms with van der Waals surface area (Å²) in [4.78, 5) is 21.8. The summed E-state index contributed by atoms with van der Waals surface area (Å²) in [5.41, 5.74) is 0.404. The number of hydrogen-bond donors (Lipinski definition) is 1. The Kier molecular flexibility index (Phi) is 6.72. The van der Waals surface area contributed by atoms with E-state index in [2.05, 4.69) is 25.1 Å². The zero-order valence-corrected chi connectivity index (χ0v) is 17.7. The summed E-state index contributed by atoms with van der Waals surface area (Å²) in [6.07, 6.45) is -4.75. The molecule has 3 aromatic rings. The van der Waals surface area contributed by atoms with Gasteiger partial charge in [-0.3, -0.25) is 14.6 Å². The molecular formula is C20H20F3N5O3S. The Balaban J connectivity index is 1.20. The predicted octanol–water partition coefficient (Wildman–Crippen LogP) is 3.45. The Morgan fingerprint density at radius 2 is 1.84 bits per heavy atom. The van der Waals surface area contributed by atoms with Crippen LogP contribution < -0.4 is 10.1 Å². The number of hydrogen-bond acceptors (Lipinski definition) is 8. The van der Waals surface area contributed by atoms with Crippen LogP contribution in [0.5, 0.6) is 5.75 Å². The number of amides is 1. The highest BCUT2D eigenvalue weighted by molar-refractivity contribution is 7.13. The third-order valence-corrected chi connectivity index (χ3v) is 5.64. The van der Waals surface area contributed by atoms with Gasteiger partial charge in [-0.25, -0.2) is 0 Å². The maximum atomic E-state index is 12.3. The molecule has 0 bridgehead atoms. The number of carbonyl (C=O) groups is 1. The molecule has 0 spiro atoms. The van der Waals surface area contributed by atoms with Gasteiger partial charge in [-0.1, -0.05) is 11.2 Å². The average Bonchev–Trinajstić information content (AvgIpc) is 3.42. The Bertz CT molecular complexity index is 1020. The first-order valence-electron chi connectivity index (χ1n) is 9.81. The fraction of sp³-hybridized carbons (Fsp3) is 0.350. The molecule has 4 rings (SSSR count). The maximum Gasteiger partial charge on any atom is 0.573 e. The molecule has 1 aliphatic heterocycles. The van der Waals surface area contributed by atoms with Crippen molar-refractivity contribution in [3.8, 4) is 16.5 Å². The lowest BCUT2D eigenvalue weighted by molar-refractivity contribution is -0.274. The quantitative estimate of drug-likeness (QED) is 0.570. The Labute approximate surface area is 185 Å². The van der Waals surface area contributed by atoms with Crippen LogP contribution in [0.3, 0.4) is 0 Å². The van der Waals surface area contributed by atoms with E-state index >= 15 is 0 Å². The van der Waals surface area contributed by atoms with Gasteiger partial charge in [0, 0.05) is 31.9 Å². The van der Waals surface area contributed by atoms with E-state index in [4.69, 9.17) is 4.52 Å². The number of carbonyl (C=O) groups excluding carboxylic acids is 1. The van der Waals surface area contributed by atoms with Crippen LogP contribution >= 0.6 is 11.3 Å². The lowest BCUT2D eigenvalue weighted by atomic mass is 10.3. The van der Waals surface area contributed by atoms with Crippen molar-refractivity contribution in [1.29, 1.82) is 0 Å². The standard InChI is InChI=1S/C20H20F3N5O3S/c21-20(22,23)30-15-5-3-14(4-6-15)24-17(29)12-27-7-9-28(10-8-27)13-18-25-19(26-31-18)16-2-1-11-32-16/h1-6,11H,7-10,12-13H2,(H,24,29). The molecule has 0 aliphatic carbocycles. The van der Waals surface area contributed by atoms with E-state index in [9.17, 15) is 18.0 Å². The van der Waals surface area contributed by atoms with Gasteiger partial charge in [-0.05, 0) is 35.7 Å². The highest BCUT2D eigenvalue weighted by Crippen LogP contribution is 2.24. The van der Waals surface area contributed by atoms with Crippen LogP contribution in [0.4, 0.5) is 18.9 Å². The van der Waals surface area contributed by atoms with E-state index in [-0.39, 0.29) is 18.2 Å². The maximum absolute atomic E-state index is 12.3. The molecule has 170 valence electrons. The molecule has 12 heteroatoms. The molecule has 1 amide bonds. The second-order valence-electron chi connectivity index (χ2n) is 7.16. The summed E-state index contributed by atoms with van der Waals surface area (Å²) < 4.78 is 45.8. The van der Waals surface area contributed by atoms with Crippen LogP contribution in [0.25, 0.3) is 10.7 Å². The molecule has 0 unspecified atom stereocenters. The van der Waals surface area contributed by atoms with Crippen molar-refractivity contribution in [3.63, 3.8) is 0 Å².